The van der Waals surface area contributed by atoms with E-state index >= 15 is 0 Å². The number of para-hydroxylation sites is 3. The quantitative estimate of drug-likeness (QED) is 0.690. The highest BCUT2D eigenvalue weighted by Gasteiger charge is 2.26. The van der Waals surface area contributed by atoms with Gasteiger partial charge < -0.3 is 9.88 Å². The maximum atomic E-state index is 9.65. The van der Waals surface area contributed by atoms with Crippen LogP contribution in [0.5, 0.6) is 0 Å². The fraction of sp³-hybridized carbons (Fsp3) is 0.0588. The van der Waals surface area contributed by atoms with Gasteiger partial charge in [-0.25, -0.2) is 4.98 Å². The van der Waals surface area contributed by atoms with Crippen molar-refractivity contribution in [2.45, 2.75) is 4.90 Å². The largest absolute Gasteiger partial charge is 0.337 e. The molecule has 0 saturated carbocycles. The number of allylic oxidation sites excluding steroid dienone is 1. The van der Waals surface area contributed by atoms with Gasteiger partial charge in [0, 0.05) is 11.9 Å². The van der Waals surface area contributed by atoms with E-state index in [0.717, 1.165) is 26.6 Å². The highest BCUT2D eigenvalue weighted by Crippen LogP contribution is 2.47. The molecule has 2 aromatic carbocycles. The molecule has 4 nitrogen and oxygen atoms in total. The van der Waals surface area contributed by atoms with Crippen molar-refractivity contribution < 1.29 is 0 Å². The van der Waals surface area contributed by atoms with Crippen LogP contribution in [0.15, 0.2) is 58.5 Å². The lowest BCUT2D eigenvalue weighted by Gasteiger charge is -2.14. The van der Waals surface area contributed by atoms with Crippen LogP contribution in [0.3, 0.4) is 0 Å². The molecule has 0 fully saturated rings. The summed E-state index contributed by atoms with van der Waals surface area (Å²) in [5, 5.41) is 10.6. The Morgan fingerprint density at radius 3 is 2.73 bits per heavy atom. The highest BCUT2D eigenvalue weighted by molar-refractivity contribution is 8.04. The molecule has 0 bridgehead atoms. The van der Waals surface area contributed by atoms with Crippen LogP contribution >= 0.6 is 11.8 Å². The third kappa shape index (κ3) is 1.89. The molecular weight excluding hydrogens is 292 g/mol. The van der Waals surface area contributed by atoms with Crippen molar-refractivity contribution in [3.63, 3.8) is 0 Å². The van der Waals surface area contributed by atoms with Gasteiger partial charge in [-0.1, -0.05) is 36.0 Å². The maximum absolute atomic E-state index is 9.65. The van der Waals surface area contributed by atoms with Gasteiger partial charge in [0.15, 0.2) is 5.82 Å². The zero-order chi connectivity index (χ0) is 15.1. The monoisotopic (exact) mass is 304 g/mol. The fourth-order valence-electron chi connectivity index (χ4n) is 2.59. The maximum Gasteiger partial charge on any atom is 0.151 e. The second kappa shape index (κ2) is 4.93. The molecule has 1 aromatic heterocycles. The van der Waals surface area contributed by atoms with Crippen LogP contribution in [0, 0.1) is 11.3 Å². The van der Waals surface area contributed by atoms with Crippen LogP contribution in [0.1, 0.15) is 5.82 Å². The number of benzene rings is 2. The first kappa shape index (κ1) is 13.0. The van der Waals surface area contributed by atoms with Gasteiger partial charge in [0.2, 0.25) is 0 Å². The summed E-state index contributed by atoms with van der Waals surface area (Å²) < 4.78 is 0. The number of hydrogen-bond acceptors (Lipinski definition) is 4. The molecular formula is C17H12N4S. The standard InChI is InChI=1S/C17H12N4S/c1-21-14-8-4-5-9-15(14)22-17(21)11(10-18)16-19-12-6-2-3-7-13(12)20-16/h2-9H,1H3,(H,19,20)/b17-11-. The first-order chi connectivity index (χ1) is 10.8. The topological polar surface area (TPSA) is 55.7 Å². The van der Waals surface area contributed by atoms with E-state index in [9.17, 15) is 5.26 Å². The van der Waals surface area contributed by atoms with Gasteiger partial charge in [-0.05, 0) is 24.3 Å². The van der Waals surface area contributed by atoms with Crippen LogP contribution in [-0.4, -0.2) is 17.0 Å². The number of nitrogens with one attached hydrogen (secondary N) is 1. The number of H-pyrrole nitrogens is 1. The number of rotatable bonds is 1. The van der Waals surface area contributed by atoms with Crippen molar-refractivity contribution in [1.82, 2.24) is 9.97 Å². The van der Waals surface area contributed by atoms with Crippen molar-refractivity contribution in [2.75, 3.05) is 11.9 Å². The summed E-state index contributed by atoms with van der Waals surface area (Å²) in [4.78, 5) is 11.0. The molecule has 5 heteroatoms. The lowest BCUT2D eigenvalue weighted by Crippen LogP contribution is -2.11. The Hall–Kier alpha value is -2.71. The van der Waals surface area contributed by atoms with Gasteiger partial charge in [0.1, 0.15) is 16.7 Å². The molecule has 0 saturated heterocycles. The number of aromatic nitrogens is 2. The van der Waals surface area contributed by atoms with Gasteiger partial charge in [-0.2, -0.15) is 5.26 Å². The summed E-state index contributed by atoms with van der Waals surface area (Å²) in [6, 6.07) is 18.3. The number of fused-ring (bicyclic) bond motifs is 2. The molecule has 1 aliphatic rings. The number of nitrogens with zero attached hydrogens (tertiary/aromatic N) is 3. The van der Waals surface area contributed by atoms with Crippen molar-refractivity contribution >= 4 is 34.1 Å². The molecule has 0 spiro atoms. The van der Waals surface area contributed by atoms with E-state index in [1.54, 1.807) is 11.8 Å². The molecule has 0 radical (unpaired) electrons. The molecule has 0 amide bonds. The molecule has 0 aliphatic carbocycles. The lowest BCUT2D eigenvalue weighted by atomic mass is 10.2. The van der Waals surface area contributed by atoms with E-state index < -0.39 is 0 Å². The number of aromatic amines is 1. The summed E-state index contributed by atoms with van der Waals surface area (Å²) in [6.45, 7) is 0. The molecule has 1 N–H and O–H groups in total. The molecule has 22 heavy (non-hydrogen) atoms. The molecule has 1 aliphatic heterocycles. The van der Waals surface area contributed by atoms with Crippen LogP contribution in [0.4, 0.5) is 5.69 Å². The van der Waals surface area contributed by atoms with E-state index in [1.807, 2.05) is 48.3 Å². The molecule has 2 heterocycles. The summed E-state index contributed by atoms with van der Waals surface area (Å²) in [7, 11) is 1.98. The molecule has 106 valence electrons. The normalized spacial score (nSPS) is 15.7. The number of thioether (sulfide) groups is 1. The zero-order valence-electron chi connectivity index (χ0n) is 11.9. The average Bonchev–Trinajstić information content (AvgIpc) is 3.11. The Morgan fingerprint density at radius 1 is 1.18 bits per heavy atom. The number of anilines is 1. The summed E-state index contributed by atoms with van der Waals surface area (Å²) in [5.41, 5.74) is 3.49. The minimum Gasteiger partial charge on any atom is -0.337 e. The first-order valence-electron chi connectivity index (χ1n) is 6.88. The van der Waals surface area contributed by atoms with E-state index in [4.69, 9.17) is 0 Å². The Labute approximate surface area is 132 Å². The lowest BCUT2D eigenvalue weighted by molar-refractivity contribution is 1.16. The van der Waals surface area contributed by atoms with Crippen LogP contribution in [0.25, 0.3) is 16.6 Å². The van der Waals surface area contributed by atoms with Crippen LogP contribution < -0.4 is 4.90 Å². The summed E-state index contributed by atoms with van der Waals surface area (Å²) >= 11 is 1.60. The number of nitriles is 1. The number of imidazole rings is 1. The molecule has 0 atom stereocenters. The van der Waals surface area contributed by atoms with Crippen LogP contribution in [0.2, 0.25) is 0 Å². The van der Waals surface area contributed by atoms with Crippen molar-refractivity contribution in [3.05, 3.63) is 59.4 Å². The SMILES string of the molecule is CN1/C(=C(\C#N)c2nc3ccccc3[nH]2)Sc2ccccc21. The smallest absolute Gasteiger partial charge is 0.151 e. The molecule has 4 rings (SSSR count). The summed E-state index contributed by atoms with van der Waals surface area (Å²) in [6.07, 6.45) is 0. The van der Waals surface area contributed by atoms with Gasteiger partial charge in [0.05, 0.1) is 16.7 Å². The highest BCUT2D eigenvalue weighted by atomic mass is 32.2. The Bertz CT molecular complexity index is 915. The van der Waals surface area contributed by atoms with E-state index in [-0.39, 0.29) is 0 Å². The van der Waals surface area contributed by atoms with Crippen molar-refractivity contribution in [3.8, 4) is 6.07 Å². The first-order valence-corrected chi connectivity index (χ1v) is 7.69. The third-order valence-electron chi connectivity index (χ3n) is 3.69. The fourth-order valence-corrected chi connectivity index (χ4v) is 3.74. The van der Waals surface area contributed by atoms with E-state index in [1.165, 1.54) is 0 Å². The Morgan fingerprint density at radius 2 is 1.95 bits per heavy atom. The van der Waals surface area contributed by atoms with Gasteiger partial charge in [0.25, 0.3) is 0 Å². The second-order valence-corrected chi connectivity index (χ2v) is 6.05. The number of hydrogen-bond donors (Lipinski definition) is 1. The molecule has 3 aromatic rings. The Balaban J connectivity index is 1.88. The van der Waals surface area contributed by atoms with Crippen molar-refractivity contribution in [2.24, 2.45) is 0 Å². The minimum atomic E-state index is 0.569. The van der Waals surface area contributed by atoms with Crippen molar-refractivity contribution in [1.29, 1.82) is 5.26 Å². The second-order valence-electron chi connectivity index (χ2n) is 5.02. The Kier molecular flexibility index (Phi) is 2.91. The van der Waals surface area contributed by atoms with E-state index in [2.05, 4.69) is 28.2 Å². The van der Waals surface area contributed by atoms with Gasteiger partial charge in [-0.15, -0.1) is 0 Å². The van der Waals surface area contributed by atoms with E-state index in [0.29, 0.717) is 11.4 Å². The average molecular weight is 304 g/mol. The van der Waals surface area contributed by atoms with Gasteiger partial charge in [-0.3, -0.25) is 0 Å². The summed E-state index contributed by atoms with van der Waals surface area (Å²) in [5.74, 6) is 0.617. The van der Waals surface area contributed by atoms with Gasteiger partial charge >= 0.3 is 0 Å². The van der Waals surface area contributed by atoms with Crippen LogP contribution in [-0.2, 0) is 0 Å². The predicted octanol–water partition coefficient (Wildman–Crippen LogP) is 4.00. The third-order valence-corrected chi connectivity index (χ3v) is 4.93. The predicted molar refractivity (Wildman–Crippen MR) is 89.3 cm³/mol. The minimum absolute atomic E-state index is 0.569. The molecule has 0 unspecified atom stereocenters. The zero-order valence-corrected chi connectivity index (χ0v) is 12.7.